The van der Waals surface area contributed by atoms with Crippen LogP contribution in [0.1, 0.15) is 25.0 Å². The highest BCUT2D eigenvalue weighted by Gasteiger charge is 2.32. The largest absolute Gasteiger partial charge is 0.320 e. The third kappa shape index (κ3) is 3.93. The highest BCUT2D eigenvalue weighted by atomic mass is 19.1. The molecule has 0 amide bonds. The quantitative estimate of drug-likeness (QED) is 0.847. The fraction of sp³-hybridized carbons (Fsp3) is 0.368. The minimum absolute atomic E-state index is 0.229. The Kier molecular flexibility index (Phi) is 5.69. The van der Waals surface area contributed by atoms with Crippen molar-refractivity contribution in [1.29, 1.82) is 0 Å². The van der Waals surface area contributed by atoms with Gasteiger partial charge in [-0.1, -0.05) is 62.4 Å². The number of benzene rings is 2. The zero-order chi connectivity index (χ0) is 16.0. The molecule has 118 valence electrons. The van der Waals surface area contributed by atoms with Gasteiger partial charge in [0.2, 0.25) is 0 Å². The summed E-state index contributed by atoms with van der Waals surface area (Å²) in [5.74, 6) is -0.229. The van der Waals surface area contributed by atoms with Crippen LogP contribution in [0.15, 0.2) is 54.6 Å². The second-order valence-electron chi connectivity index (χ2n) is 5.76. The van der Waals surface area contributed by atoms with E-state index < -0.39 is 5.54 Å². The Morgan fingerprint density at radius 1 is 0.955 bits per heavy atom. The monoisotopic (exact) mass is 300 g/mol. The summed E-state index contributed by atoms with van der Waals surface area (Å²) in [5.41, 5.74) is 7.70. The number of halogens is 1. The third-order valence-electron chi connectivity index (χ3n) is 4.17. The molecular weight excluding hydrogens is 275 g/mol. The van der Waals surface area contributed by atoms with Gasteiger partial charge in [-0.15, -0.1) is 0 Å². The second-order valence-corrected chi connectivity index (χ2v) is 5.76. The smallest absolute Gasteiger partial charge is 0.128 e. The average Bonchev–Trinajstić information content (AvgIpc) is 2.54. The van der Waals surface area contributed by atoms with E-state index in [2.05, 4.69) is 18.7 Å². The van der Waals surface area contributed by atoms with Crippen LogP contribution < -0.4 is 5.73 Å². The molecule has 0 aliphatic heterocycles. The molecule has 0 heterocycles. The zero-order valence-electron chi connectivity index (χ0n) is 13.4. The van der Waals surface area contributed by atoms with Crippen LogP contribution in [-0.2, 0) is 12.0 Å². The van der Waals surface area contributed by atoms with E-state index in [0.29, 0.717) is 18.5 Å². The molecule has 0 aromatic heterocycles. The summed E-state index contributed by atoms with van der Waals surface area (Å²) in [6.07, 6.45) is 0.616. The summed E-state index contributed by atoms with van der Waals surface area (Å²) in [7, 11) is 0. The van der Waals surface area contributed by atoms with Gasteiger partial charge in [-0.05, 0) is 31.1 Å². The molecule has 1 unspecified atom stereocenters. The maximum Gasteiger partial charge on any atom is 0.128 e. The number of rotatable bonds is 7. The van der Waals surface area contributed by atoms with Crippen molar-refractivity contribution in [1.82, 2.24) is 4.90 Å². The number of nitrogens with two attached hydrogens (primary N) is 1. The first-order valence-electron chi connectivity index (χ1n) is 7.89. The maximum absolute atomic E-state index is 14.3. The first kappa shape index (κ1) is 16.7. The van der Waals surface area contributed by atoms with E-state index in [1.54, 1.807) is 6.07 Å². The molecule has 0 bridgehead atoms. The van der Waals surface area contributed by atoms with Gasteiger partial charge in [0.25, 0.3) is 0 Å². The van der Waals surface area contributed by atoms with E-state index in [1.165, 1.54) is 6.07 Å². The highest BCUT2D eigenvalue weighted by Crippen LogP contribution is 2.27. The van der Waals surface area contributed by atoms with E-state index >= 15 is 0 Å². The lowest BCUT2D eigenvalue weighted by Gasteiger charge is -2.35. The molecule has 0 saturated heterocycles. The molecule has 3 heteroatoms. The molecule has 0 aliphatic carbocycles. The van der Waals surface area contributed by atoms with Crippen molar-refractivity contribution in [3.05, 3.63) is 71.5 Å². The van der Waals surface area contributed by atoms with Crippen LogP contribution in [0.5, 0.6) is 0 Å². The minimum atomic E-state index is -0.737. The molecule has 0 radical (unpaired) electrons. The number of hydrogen-bond donors (Lipinski definition) is 1. The molecule has 0 saturated carbocycles. The van der Waals surface area contributed by atoms with Gasteiger partial charge in [0.15, 0.2) is 0 Å². The Balaban J connectivity index is 2.37. The Bertz CT molecular complexity index is 581. The lowest BCUT2D eigenvalue weighted by Crippen LogP contribution is -2.49. The lowest BCUT2D eigenvalue weighted by atomic mass is 9.83. The Morgan fingerprint density at radius 3 is 2.14 bits per heavy atom. The fourth-order valence-electron chi connectivity index (χ4n) is 2.91. The Labute approximate surface area is 132 Å². The van der Waals surface area contributed by atoms with E-state index in [1.807, 2.05) is 42.5 Å². The number of hydrogen-bond acceptors (Lipinski definition) is 2. The van der Waals surface area contributed by atoms with E-state index in [0.717, 1.165) is 18.7 Å². The molecular formula is C19H25FN2. The van der Waals surface area contributed by atoms with Gasteiger partial charge in [0, 0.05) is 12.1 Å². The molecule has 1 atom stereocenters. The van der Waals surface area contributed by atoms with E-state index in [4.69, 9.17) is 5.73 Å². The molecule has 2 rings (SSSR count). The van der Waals surface area contributed by atoms with E-state index in [-0.39, 0.29) is 5.82 Å². The summed E-state index contributed by atoms with van der Waals surface area (Å²) in [5, 5.41) is 0. The van der Waals surface area contributed by atoms with Crippen LogP contribution in [0.4, 0.5) is 4.39 Å². The molecule has 0 fully saturated rings. The minimum Gasteiger partial charge on any atom is -0.320 e. The topological polar surface area (TPSA) is 29.3 Å². The Hall–Kier alpha value is -1.71. The van der Waals surface area contributed by atoms with Gasteiger partial charge in [-0.3, -0.25) is 0 Å². The van der Waals surface area contributed by atoms with Crippen molar-refractivity contribution in [3.8, 4) is 0 Å². The summed E-state index contributed by atoms with van der Waals surface area (Å²) in [6, 6.07) is 16.9. The van der Waals surface area contributed by atoms with Crippen LogP contribution >= 0.6 is 0 Å². The normalized spacial score (nSPS) is 14.0. The lowest BCUT2D eigenvalue weighted by molar-refractivity contribution is 0.220. The van der Waals surface area contributed by atoms with Crippen molar-refractivity contribution in [2.45, 2.75) is 25.8 Å². The predicted molar refractivity (Wildman–Crippen MR) is 90.2 cm³/mol. The van der Waals surface area contributed by atoms with Crippen LogP contribution in [0, 0.1) is 5.82 Å². The van der Waals surface area contributed by atoms with Crippen molar-refractivity contribution < 1.29 is 4.39 Å². The van der Waals surface area contributed by atoms with Gasteiger partial charge in [0.05, 0.1) is 5.54 Å². The first-order valence-corrected chi connectivity index (χ1v) is 7.89. The fourth-order valence-corrected chi connectivity index (χ4v) is 2.91. The van der Waals surface area contributed by atoms with Crippen molar-refractivity contribution in [2.24, 2.45) is 5.73 Å². The van der Waals surface area contributed by atoms with Crippen molar-refractivity contribution in [2.75, 3.05) is 19.6 Å². The van der Waals surface area contributed by atoms with Crippen LogP contribution in [-0.4, -0.2) is 24.5 Å². The predicted octanol–water partition coefficient (Wildman–Crippen LogP) is 3.56. The first-order chi connectivity index (χ1) is 10.6. The van der Waals surface area contributed by atoms with Gasteiger partial charge < -0.3 is 10.6 Å². The zero-order valence-corrected chi connectivity index (χ0v) is 13.4. The Morgan fingerprint density at radius 2 is 1.55 bits per heavy atom. The molecule has 2 nitrogen and oxygen atoms in total. The van der Waals surface area contributed by atoms with E-state index in [9.17, 15) is 4.39 Å². The molecule has 2 N–H and O–H groups in total. The maximum atomic E-state index is 14.3. The average molecular weight is 300 g/mol. The van der Waals surface area contributed by atoms with Gasteiger partial charge in [-0.2, -0.15) is 0 Å². The van der Waals surface area contributed by atoms with Crippen molar-refractivity contribution in [3.63, 3.8) is 0 Å². The number of likely N-dealkylation sites (N-methyl/N-ethyl adjacent to an activating group) is 1. The van der Waals surface area contributed by atoms with Crippen LogP contribution in [0.2, 0.25) is 0 Å². The number of nitrogens with zero attached hydrogens (tertiary/aromatic N) is 1. The van der Waals surface area contributed by atoms with Crippen LogP contribution in [0.3, 0.4) is 0 Å². The molecule has 2 aromatic rings. The summed E-state index contributed by atoms with van der Waals surface area (Å²) >= 11 is 0. The van der Waals surface area contributed by atoms with Gasteiger partial charge in [0.1, 0.15) is 5.82 Å². The third-order valence-corrected chi connectivity index (χ3v) is 4.17. The molecule has 22 heavy (non-hydrogen) atoms. The molecule has 2 aromatic carbocycles. The standard InChI is InChI=1S/C19H25FN2/c1-3-22(4-2)15-19(21,14-16-10-6-5-7-11-16)17-12-8-9-13-18(17)20/h5-13H,3-4,14-15,21H2,1-2H3. The summed E-state index contributed by atoms with van der Waals surface area (Å²) < 4.78 is 14.3. The second kappa shape index (κ2) is 7.52. The summed E-state index contributed by atoms with van der Waals surface area (Å²) in [6.45, 7) is 6.65. The highest BCUT2D eigenvalue weighted by molar-refractivity contribution is 5.30. The van der Waals surface area contributed by atoms with Crippen LogP contribution in [0.25, 0.3) is 0 Å². The molecule has 0 spiro atoms. The summed E-state index contributed by atoms with van der Waals surface area (Å²) in [4.78, 5) is 2.25. The van der Waals surface area contributed by atoms with Gasteiger partial charge >= 0.3 is 0 Å². The molecule has 0 aliphatic rings. The SMILES string of the molecule is CCN(CC)CC(N)(Cc1ccccc1)c1ccccc1F. The van der Waals surface area contributed by atoms with Gasteiger partial charge in [-0.25, -0.2) is 4.39 Å². The van der Waals surface area contributed by atoms with Crippen molar-refractivity contribution >= 4 is 0 Å².